The number of nitrogens with one attached hydrogen (secondary N) is 1. The Balaban J connectivity index is 1.83. The van der Waals surface area contributed by atoms with Gasteiger partial charge < -0.3 is 5.32 Å². The zero-order valence-corrected chi connectivity index (χ0v) is 13.6. The summed E-state index contributed by atoms with van der Waals surface area (Å²) >= 11 is 1.73. The smallest absolute Gasteiger partial charge is 0.234 e. The molecule has 1 aromatic carbocycles. The third kappa shape index (κ3) is 4.41. The van der Waals surface area contributed by atoms with Gasteiger partial charge in [0.05, 0.1) is 6.54 Å². The Bertz CT molecular complexity index is 580. The Morgan fingerprint density at radius 3 is 2.71 bits per heavy atom. The molecule has 4 heteroatoms. The van der Waals surface area contributed by atoms with E-state index in [-0.39, 0.29) is 11.9 Å². The van der Waals surface area contributed by atoms with Crippen molar-refractivity contribution in [2.45, 2.75) is 26.4 Å². The van der Waals surface area contributed by atoms with Crippen LogP contribution in [0.3, 0.4) is 0 Å². The lowest BCUT2D eigenvalue weighted by atomic mass is 10.1. The van der Waals surface area contributed by atoms with Crippen LogP contribution in [0.15, 0.2) is 41.8 Å². The van der Waals surface area contributed by atoms with E-state index in [4.69, 9.17) is 0 Å². The fraction of sp³-hybridized carbons (Fsp3) is 0.353. The highest BCUT2D eigenvalue weighted by molar-refractivity contribution is 7.10. The first-order valence-electron chi connectivity index (χ1n) is 7.12. The van der Waals surface area contributed by atoms with E-state index in [1.807, 2.05) is 31.3 Å². The van der Waals surface area contributed by atoms with Crippen LogP contribution in [0.4, 0.5) is 0 Å². The van der Waals surface area contributed by atoms with Gasteiger partial charge in [-0.2, -0.15) is 0 Å². The van der Waals surface area contributed by atoms with Gasteiger partial charge in [0.1, 0.15) is 0 Å². The first kappa shape index (κ1) is 15.7. The SMILES string of the molecule is Cc1ccccc1CNC(=O)CN(C)C(C)c1cccs1. The molecular weight excluding hydrogens is 280 g/mol. The lowest BCUT2D eigenvalue weighted by Gasteiger charge is -2.23. The van der Waals surface area contributed by atoms with Crippen LogP contribution in [0.2, 0.25) is 0 Å². The Morgan fingerprint density at radius 1 is 1.29 bits per heavy atom. The zero-order chi connectivity index (χ0) is 15.2. The third-order valence-electron chi connectivity index (χ3n) is 3.75. The summed E-state index contributed by atoms with van der Waals surface area (Å²) in [6.07, 6.45) is 0. The highest BCUT2D eigenvalue weighted by Gasteiger charge is 2.15. The Kier molecular flexibility index (Phi) is 5.53. The molecule has 1 amide bonds. The predicted molar refractivity (Wildman–Crippen MR) is 88.4 cm³/mol. The molecule has 1 N–H and O–H groups in total. The lowest BCUT2D eigenvalue weighted by Crippen LogP contribution is -2.36. The zero-order valence-electron chi connectivity index (χ0n) is 12.8. The summed E-state index contributed by atoms with van der Waals surface area (Å²) in [5.74, 6) is 0.0594. The monoisotopic (exact) mass is 302 g/mol. The number of carbonyl (C=O) groups excluding carboxylic acids is 1. The second kappa shape index (κ2) is 7.38. The lowest BCUT2D eigenvalue weighted by molar-refractivity contribution is -0.122. The third-order valence-corrected chi connectivity index (χ3v) is 4.79. The largest absolute Gasteiger partial charge is 0.351 e. The van der Waals surface area contributed by atoms with Gasteiger partial charge in [0, 0.05) is 17.5 Å². The van der Waals surface area contributed by atoms with Gasteiger partial charge in [-0.1, -0.05) is 30.3 Å². The number of likely N-dealkylation sites (N-methyl/N-ethyl adjacent to an activating group) is 1. The highest BCUT2D eigenvalue weighted by Crippen LogP contribution is 2.22. The number of aryl methyl sites for hydroxylation is 1. The number of amides is 1. The van der Waals surface area contributed by atoms with Gasteiger partial charge in [-0.05, 0) is 43.5 Å². The maximum atomic E-state index is 12.1. The summed E-state index contributed by atoms with van der Waals surface area (Å²) < 4.78 is 0. The number of benzene rings is 1. The molecule has 0 fully saturated rings. The van der Waals surface area contributed by atoms with Gasteiger partial charge in [0.25, 0.3) is 0 Å². The topological polar surface area (TPSA) is 32.3 Å². The van der Waals surface area contributed by atoms with E-state index in [1.54, 1.807) is 11.3 Å². The molecule has 112 valence electrons. The molecule has 1 atom stereocenters. The quantitative estimate of drug-likeness (QED) is 0.887. The van der Waals surface area contributed by atoms with E-state index < -0.39 is 0 Å². The highest BCUT2D eigenvalue weighted by atomic mass is 32.1. The maximum Gasteiger partial charge on any atom is 0.234 e. The number of thiophene rings is 1. The van der Waals surface area contributed by atoms with Crippen molar-refractivity contribution in [2.24, 2.45) is 0 Å². The number of hydrogen-bond acceptors (Lipinski definition) is 3. The molecule has 0 aliphatic carbocycles. The molecule has 2 rings (SSSR count). The Hall–Kier alpha value is -1.65. The molecule has 0 aliphatic heterocycles. The van der Waals surface area contributed by atoms with Crippen LogP contribution in [0.5, 0.6) is 0 Å². The fourth-order valence-electron chi connectivity index (χ4n) is 2.17. The summed E-state index contributed by atoms with van der Waals surface area (Å²) in [6.45, 7) is 5.19. The molecule has 2 aromatic rings. The predicted octanol–water partition coefficient (Wildman–Crippen LogP) is 3.37. The van der Waals surface area contributed by atoms with Crippen LogP contribution in [0, 0.1) is 6.92 Å². The van der Waals surface area contributed by atoms with Crippen LogP contribution in [0.1, 0.15) is 29.0 Å². The molecule has 0 radical (unpaired) electrons. The van der Waals surface area contributed by atoms with Gasteiger partial charge in [0.2, 0.25) is 5.91 Å². The molecule has 0 saturated heterocycles. The van der Waals surface area contributed by atoms with Crippen molar-refractivity contribution in [2.75, 3.05) is 13.6 Å². The Labute approximate surface area is 130 Å². The summed E-state index contributed by atoms with van der Waals surface area (Å²) in [6, 6.07) is 12.5. The van der Waals surface area contributed by atoms with Gasteiger partial charge >= 0.3 is 0 Å². The molecule has 0 spiro atoms. The molecule has 1 heterocycles. The molecule has 0 saturated carbocycles. The van der Waals surface area contributed by atoms with Crippen molar-refractivity contribution in [1.82, 2.24) is 10.2 Å². The average molecular weight is 302 g/mol. The van der Waals surface area contributed by atoms with Crippen LogP contribution >= 0.6 is 11.3 Å². The second-order valence-corrected chi connectivity index (χ2v) is 6.29. The summed E-state index contributed by atoms with van der Waals surface area (Å²) in [5, 5.41) is 5.06. The molecule has 0 aliphatic rings. The standard InChI is InChI=1S/C17H22N2OS/c1-13-7-4-5-8-15(13)11-18-17(20)12-19(3)14(2)16-9-6-10-21-16/h4-10,14H,11-12H2,1-3H3,(H,18,20). The molecule has 3 nitrogen and oxygen atoms in total. The van der Waals surface area contributed by atoms with Gasteiger partial charge in [-0.25, -0.2) is 0 Å². The van der Waals surface area contributed by atoms with Crippen molar-refractivity contribution in [3.05, 3.63) is 57.8 Å². The number of nitrogens with zero attached hydrogens (tertiary/aromatic N) is 1. The molecule has 1 aromatic heterocycles. The van der Waals surface area contributed by atoms with Gasteiger partial charge in [0.15, 0.2) is 0 Å². The van der Waals surface area contributed by atoms with Crippen LogP contribution in [0.25, 0.3) is 0 Å². The van der Waals surface area contributed by atoms with E-state index in [9.17, 15) is 4.79 Å². The van der Waals surface area contributed by atoms with E-state index in [2.05, 4.69) is 41.6 Å². The van der Waals surface area contributed by atoms with Crippen LogP contribution in [-0.4, -0.2) is 24.4 Å². The van der Waals surface area contributed by atoms with E-state index in [0.717, 1.165) is 0 Å². The minimum Gasteiger partial charge on any atom is -0.351 e. The first-order chi connectivity index (χ1) is 10.1. The van der Waals surface area contributed by atoms with Crippen molar-refractivity contribution < 1.29 is 4.79 Å². The van der Waals surface area contributed by atoms with Crippen molar-refractivity contribution in [3.63, 3.8) is 0 Å². The second-order valence-electron chi connectivity index (χ2n) is 5.31. The average Bonchev–Trinajstić information content (AvgIpc) is 2.99. The number of hydrogen-bond donors (Lipinski definition) is 1. The van der Waals surface area contributed by atoms with E-state index in [0.29, 0.717) is 13.1 Å². The van der Waals surface area contributed by atoms with Gasteiger partial charge in [-0.15, -0.1) is 11.3 Å². The minimum atomic E-state index is 0.0594. The van der Waals surface area contributed by atoms with Crippen LogP contribution in [-0.2, 0) is 11.3 Å². The van der Waals surface area contributed by atoms with Gasteiger partial charge in [-0.3, -0.25) is 9.69 Å². The molecule has 0 bridgehead atoms. The van der Waals surface area contributed by atoms with Crippen LogP contribution < -0.4 is 5.32 Å². The van der Waals surface area contributed by atoms with Crippen molar-refractivity contribution in [3.8, 4) is 0 Å². The normalized spacial score (nSPS) is 12.4. The molecule has 1 unspecified atom stereocenters. The number of carbonyl (C=O) groups is 1. The summed E-state index contributed by atoms with van der Waals surface area (Å²) in [5.41, 5.74) is 2.37. The first-order valence-corrected chi connectivity index (χ1v) is 8.00. The van der Waals surface area contributed by atoms with E-state index >= 15 is 0 Å². The van der Waals surface area contributed by atoms with Crippen molar-refractivity contribution in [1.29, 1.82) is 0 Å². The molecule has 21 heavy (non-hydrogen) atoms. The minimum absolute atomic E-state index is 0.0594. The summed E-state index contributed by atoms with van der Waals surface area (Å²) in [4.78, 5) is 15.4. The Morgan fingerprint density at radius 2 is 2.05 bits per heavy atom. The van der Waals surface area contributed by atoms with E-state index in [1.165, 1.54) is 16.0 Å². The maximum absolute atomic E-state index is 12.1. The fourth-order valence-corrected chi connectivity index (χ4v) is 3.02. The summed E-state index contributed by atoms with van der Waals surface area (Å²) in [7, 11) is 1.98. The molecular formula is C17H22N2OS. The number of rotatable bonds is 6. The van der Waals surface area contributed by atoms with Crippen molar-refractivity contribution >= 4 is 17.2 Å².